The van der Waals surface area contributed by atoms with Gasteiger partial charge in [0, 0.05) is 5.92 Å². The highest BCUT2D eigenvalue weighted by Gasteiger charge is 2.22. The Bertz CT molecular complexity index is 377. The molecule has 0 aliphatic heterocycles. The van der Waals surface area contributed by atoms with Gasteiger partial charge in [0.05, 0.1) is 5.38 Å². The topological polar surface area (TPSA) is 0 Å². The summed E-state index contributed by atoms with van der Waals surface area (Å²) in [4.78, 5) is 0. The second kappa shape index (κ2) is 4.02. The van der Waals surface area contributed by atoms with Crippen LogP contribution < -0.4 is 0 Å². The van der Waals surface area contributed by atoms with E-state index in [1.54, 1.807) is 0 Å². The number of allylic oxidation sites excluding steroid dienone is 3. The lowest BCUT2D eigenvalue weighted by atomic mass is 9.97. The SMILES string of the molecule is CC=CC(Cl)C1C=[C]c2ccccc21. The number of hydrogen-bond donors (Lipinski definition) is 0. The Labute approximate surface area is 89.9 Å². The van der Waals surface area contributed by atoms with E-state index >= 15 is 0 Å². The zero-order valence-electron chi connectivity index (χ0n) is 8.07. The molecule has 2 atom stereocenters. The van der Waals surface area contributed by atoms with Gasteiger partial charge in [-0.1, -0.05) is 42.5 Å². The van der Waals surface area contributed by atoms with E-state index in [0.29, 0.717) is 0 Å². The predicted octanol–water partition coefficient (Wildman–Crippen LogP) is 3.67. The molecule has 0 fully saturated rings. The zero-order valence-corrected chi connectivity index (χ0v) is 8.83. The highest BCUT2D eigenvalue weighted by atomic mass is 35.5. The minimum absolute atomic E-state index is 0.0381. The lowest BCUT2D eigenvalue weighted by Gasteiger charge is -2.13. The van der Waals surface area contributed by atoms with E-state index in [2.05, 4.69) is 24.3 Å². The molecule has 0 heterocycles. The van der Waals surface area contributed by atoms with Gasteiger partial charge in [-0.05, 0) is 24.1 Å². The van der Waals surface area contributed by atoms with E-state index < -0.39 is 0 Å². The van der Waals surface area contributed by atoms with E-state index in [-0.39, 0.29) is 11.3 Å². The average Bonchev–Trinajstić information content (AvgIpc) is 2.61. The number of fused-ring (bicyclic) bond motifs is 1. The first kappa shape index (κ1) is 9.54. The van der Waals surface area contributed by atoms with Crippen molar-refractivity contribution in [3.8, 4) is 0 Å². The lowest BCUT2D eigenvalue weighted by Crippen LogP contribution is -2.06. The fourth-order valence-electron chi connectivity index (χ4n) is 1.76. The van der Waals surface area contributed by atoms with Crippen LogP contribution in [0.2, 0.25) is 0 Å². The fraction of sp³-hybridized carbons (Fsp3) is 0.231. The molecule has 71 valence electrons. The van der Waals surface area contributed by atoms with Crippen LogP contribution in [0.3, 0.4) is 0 Å². The Morgan fingerprint density at radius 3 is 3.00 bits per heavy atom. The second-order valence-electron chi connectivity index (χ2n) is 3.39. The van der Waals surface area contributed by atoms with Crippen molar-refractivity contribution in [1.82, 2.24) is 0 Å². The first-order valence-corrected chi connectivity index (χ1v) is 5.22. The molecule has 0 spiro atoms. The Morgan fingerprint density at radius 1 is 1.43 bits per heavy atom. The van der Waals surface area contributed by atoms with E-state index in [1.807, 2.05) is 31.2 Å². The summed E-state index contributed by atoms with van der Waals surface area (Å²) >= 11 is 6.26. The molecule has 14 heavy (non-hydrogen) atoms. The third kappa shape index (κ3) is 1.62. The minimum atomic E-state index is 0.0381. The Morgan fingerprint density at radius 2 is 2.21 bits per heavy atom. The maximum atomic E-state index is 6.26. The molecular formula is C13H12Cl. The molecule has 0 amide bonds. The molecule has 1 radical (unpaired) electrons. The molecule has 2 rings (SSSR count). The molecule has 0 saturated carbocycles. The van der Waals surface area contributed by atoms with Crippen molar-refractivity contribution >= 4 is 11.6 Å². The summed E-state index contributed by atoms with van der Waals surface area (Å²) in [5, 5.41) is 0.0381. The largest absolute Gasteiger partial charge is 0.117 e. The summed E-state index contributed by atoms with van der Waals surface area (Å²) in [5.74, 6) is 0.282. The number of benzene rings is 1. The number of halogens is 1. The summed E-state index contributed by atoms with van der Waals surface area (Å²) in [6, 6.07) is 8.27. The van der Waals surface area contributed by atoms with Gasteiger partial charge in [0.25, 0.3) is 0 Å². The highest BCUT2D eigenvalue weighted by Crippen LogP contribution is 2.33. The predicted molar refractivity (Wildman–Crippen MR) is 60.6 cm³/mol. The van der Waals surface area contributed by atoms with Gasteiger partial charge in [0.2, 0.25) is 0 Å². The normalized spacial score (nSPS) is 21.4. The van der Waals surface area contributed by atoms with Crippen LogP contribution in [0.1, 0.15) is 24.0 Å². The van der Waals surface area contributed by atoms with Crippen molar-refractivity contribution in [2.45, 2.75) is 18.2 Å². The van der Waals surface area contributed by atoms with Gasteiger partial charge in [-0.25, -0.2) is 0 Å². The molecular weight excluding hydrogens is 192 g/mol. The second-order valence-corrected chi connectivity index (χ2v) is 3.90. The quantitative estimate of drug-likeness (QED) is 0.508. The highest BCUT2D eigenvalue weighted by molar-refractivity contribution is 6.22. The molecule has 1 heteroatoms. The molecule has 1 aliphatic carbocycles. The van der Waals surface area contributed by atoms with Crippen LogP contribution in [0.5, 0.6) is 0 Å². The first-order chi connectivity index (χ1) is 6.83. The molecule has 1 aromatic rings. The minimum Gasteiger partial charge on any atom is -0.117 e. The molecule has 0 aromatic heterocycles. The first-order valence-electron chi connectivity index (χ1n) is 4.78. The van der Waals surface area contributed by atoms with E-state index in [0.717, 1.165) is 0 Å². The Balaban J connectivity index is 2.30. The summed E-state index contributed by atoms with van der Waals surface area (Å²) in [7, 11) is 0. The maximum absolute atomic E-state index is 6.26. The van der Waals surface area contributed by atoms with Gasteiger partial charge < -0.3 is 0 Å². The van der Waals surface area contributed by atoms with Gasteiger partial charge in [-0.15, -0.1) is 11.6 Å². The standard InChI is InChI=1S/C13H12Cl/c1-2-5-13(14)12-9-8-10-6-3-4-7-11(10)12/h2-7,9,12-13H,1H3. The van der Waals surface area contributed by atoms with Crippen LogP contribution in [0.4, 0.5) is 0 Å². The van der Waals surface area contributed by atoms with Gasteiger partial charge >= 0.3 is 0 Å². The number of rotatable bonds is 2. The van der Waals surface area contributed by atoms with Crippen molar-refractivity contribution in [3.63, 3.8) is 0 Å². The van der Waals surface area contributed by atoms with Crippen molar-refractivity contribution in [1.29, 1.82) is 0 Å². The van der Waals surface area contributed by atoms with Crippen molar-refractivity contribution in [3.05, 3.63) is 59.7 Å². The summed E-state index contributed by atoms with van der Waals surface area (Å²) in [5.41, 5.74) is 2.46. The smallest absolute Gasteiger partial charge is 0.0619 e. The molecule has 0 saturated heterocycles. The molecule has 2 unspecified atom stereocenters. The van der Waals surface area contributed by atoms with Crippen molar-refractivity contribution < 1.29 is 0 Å². The zero-order chi connectivity index (χ0) is 9.97. The van der Waals surface area contributed by atoms with Crippen LogP contribution in [0, 0.1) is 6.08 Å². The van der Waals surface area contributed by atoms with Crippen LogP contribution in [-0.2, 0) is 0 Å². The molecule has 1 aromatic carbocycles. The molecule has 0 N–H and O–H groups in total. The third-order valence-electron chi connectivity index (χ3n) is 2.46. The van der Waals surface area contributed by atoms with Crippen molar-refractivity contribution in [2.75, 3.05) is 0 Å². The van der Waals surface area contributed by atoms with E-state index in [1.165, 1.54) is 11.1 Å². The fourth-order valence-corrected chi connectivity index (χ4v) is 2.11. The lowest BCUT2D eigenvalue weighted by molar-refractivity contribution is 0.886. The van der Waals surface area contributed by atoms with Crippen LogP contribution in [0.25, 0.3) is 0 Å². The van der Waals surface area contributed by atoms with Crippen LogP contribution in [0.15, 0.2) is 42.5 Å². The Kier molecular flexibility index (Phi) is 2.74. The van der Waals surface area contributed by atoms with E-state index in [4.69, 9.17) is 11.6 Å². The van der Waals surface area contributed by atoms with Crippen LogP contribution >= 0.6 is 11.6 Å². The van der Waals surface area contributed by atoms with Gasteiger partial charge in [0.15, 0.2) is 0 Å². The maximum Gasteiger partial charge on any atom is 0.0619 e. The van der Waals surface area contributed by atoms with Gasteiger partial charge in [-0.2, -0.15) is 0 Å². The molecule has 1 aliphatic rings. The van der Waals surface area contributed by atoms with Crippen molar-refractivity contribution in [2.24, 2.45) is 0 Å². The van der Waals surface area contributed by atoms with Crippen LogP contribution in [-0.4, -0.2) is 5.38 Å². The summed E-state index contributed by atoms with van der Waals surface area (Å²) in [6.07, 6.45) is 9.32. The molecule has 0 bridgehead atoms. The Hall–Kier alpha value is -1.01. The number of alkyl halides is 1. The van der Waals surface area contributed by atoms with E-state index in [9.17, 15) is 0 Å². The summed E-state index contributed by atoms with van der Waals surface area (Å²) < 4.78 is 0. The third-order valence-corrected chi connectivity index (χ3v) is 2.87. The monoisotopic (exact) mass is 203 g/mol. The van der Waals surface area contributed by atoms with Gasteiger partial charge in [0.1, 0.15) is 0 Å². The number of hydrogen-bond acceptors (Lipinski definition) is 0. The summed E-state index contributed by atoms with van der Waals surface area (Å²) in [6.45, 7) is 1.99. The molecule has 0 nitrogen and oxygen atoms in total. The van der Waals surface area contributed by atoms with Gasteiger partial charge in [-0.3, -0.25) is 0 Å². The average molecular weight is 204 g/mol.